The smallest absolute Gasteiger partial charge is 0.236 e. The molecule has 0 bridgehead atoms. The molecule has 21 heavy (non-hydrogen) atoms. The SMILES string of the molecule is CC(C)Cc1nnc(NC(=O)CSc2ccc(Cl)cc2)s1. The number of hydrogen-bond acceptors (Lipinski definition) is 5. The molecule has 0 unspecified atom stereocenters. The largest absolute Gasteiger partial charge is 0.300 e. The van der Waals surface area contributed by atoms with Crippen molar-refractivity contribution in [3.05, 3.63) is 34.3 Å². The Morgan fingerprint density at radius 2 is 2.05 bits per heavy atom. The van der Waals surface area contributed by atoms with Crippen molar-refractivity contribution >= 4 is 45.7 Å². The molecule has 1 aromatic carbocycles. The second-order valence-corrected chi connectivity index (χ2v) is 7.44. The Hall–Kier alpha value is -1.11. The molecule has 0 saturated heterocycles. The minimum atomic E-state index is -0.0813. The van der Waals surface area contributed by atoms with Crippen LogP contribution in [0.2, 0.25) is 5.02 Å². The molecule has 0 fully saturated rings. The number of amides is 1. The van der Waals surface area contributed by atoms with Crippen molar-refractivity contribution in [2.24, 2.45) is 5.92 Å². The Morgan fingerprint density at radius 1 is 1.33 bits per heavy atom. The van der Waals surface area contributed by atoms with Gasteiger partial charge in [-0.15, -0.1) is 22.0 Å². The maximum atomic E-state index is 11.9. The van der Waals surface area contributed by atoms with E-state index in [4.69, 9.17) is 11.6 Å². The third-order valence-electron chi connectivity index (χ3n) is 2.48. The molecule has 0 atom stereocenters. The fraction of sp³-hybridized carbons (Fsp3) is 0.357. The van der Waals surface area contributed by atoms with Gasteiger partial charge in [0.2, 0.25) is 11.0 Å². The Morgan fingerprint density at radius 3 is 2.71 bits per heavy atom. The average molecular weight is 342 g/mol. The minimum absolute atomic E-state index is 0.0813. The van der Waals surface area contributed by atoms with E-state index in [1.165, 1.54) is 23.1 Å². The van der Waals surface area contributed by atoms with Gasteiger partial charge in [-0.2, -0.15) is 0 Å². The molecule has 0 aliphatic carbocycles. The summed E-state index contributed by atoms with van der Waals surface area (Å²) in [6, 6.07) is 7.41. The van der Waals surface area contributed by atoms with E-state index in [1.807, 2.05) is 24.3 Å². The highest BCUT2D eigenvalue weighted by molar-refractivity contribution is 8.00. The van der Waals surface area contributed by atoms with Gasteiger partial charge in [-0.05, 0) is 30.2 Å². The molecule has 0 aliphatic rings. The number of carbonyl (C=O) groups excluding carboxylic acids is 1. The highest BCUT2D eigenvalue weighted by Gasteiger charge is 2.09. The number of aromatic nitrogens is 2. The average Bonchev–Trinajstić information content (AvgIpc) is 2.84. The van der Waals surface area contributed by atoms with Crippen LogP contribution in [-0.4, -0.2) is 21.9 Å². The van der Waals surface area contributed by atoms with Gasteiger partial charge < -0.3 is 0 Å². The molecule has 1 aromatic heterocycles. The van der Waals surface area contributed by atoms with Gasteiger partial charge in [-0.1, -0.05) is 36.8 Å². The fourth-order valence-electron chi connectivity index (χ4n) is 1.57. The van der Waals surface area contributed by atoms with Crippen LogP contribution in [0.1, 0.15) is 18.9 Å². The molecule has 1 amide bonds. The lowest BCUT2D eigenvalue weighted by atomic mass is 10.1. The molecular formula is C14H16ClN3OS2. The summed E-state index contributed by atoms with van der Waals surface area (Å²) in [5.74, 6) is 0.782. The van der Waals surface area contributed by atoms with Crippen LogP contribution in [0.25, 0.3) is 0 Å². The van der Waals surface area contributed by atoms with Crippen LogP contribution in [0.3, 0.4) is 0 Å². The third-order valence-corrected chi connectivity index (χ3v) is 4.60. The van der Waals surface area contributed by atoms with Crippen molar-refractivity contribution < 1.29 is 4.79 Å². The molecule has 1 heterocycles. The van der Waals surface area contributed by atoms with Crippen molar-refractivity contribution in [1.29, 1.82) is 0 Å². The molecule has 0 aliphatic heterocycles. The van der Waals surface area contributed by atoms with E-state index >= 15 is 0 Å². The van der Waals surface area contributed by atoms with Crippen molar-refractivity contribution in [3.63, 3.8) is 0 Å². The van der Waals surface area contributed by atoms with Gasteiger partial charge in [-0.25, -0.2) is 0 Å². The third kappa shape index (κ3) is 5.65. The molecule has 0 spiro atoms. The van der Waals surface area contributed by atoms with Gasteiger partial charge in [0, 0.05) is 16.3 Å². The Bertz CT molecular complexity index is 599. The second-order valence-electron chi connectivity index (χ2n) is 4.89. The first-order chi connectivity index (χ1) is 10.0. The monoisotopic (exact) mass is 341 g/mol. The zero-order valence-electron chi connectivity index (χ0n) is 11.8. The summed E-state index contributed by atoms with van der Waals surface area (Å²) in [6.07, 6.45) is 0.882. The van der Waals surface area contributed by atoms with Crippen molar-refractivity contribution in [2.45, 2.75) is 25.2 Å². The van der Waals surface area contributed by atoms with Crippen LogP contribution in [0, 0.1) is 5.92 Å². The minimum Gasteiger partial charge on any atom is -0.300 e. The molecule has 0 radical (unpaired) electrons. The summed E-state index contributed by atoms with van der Waals surface area (Å²) in [5, 5.41) is 13.0. The fourth-order valence-corrected chi connectivity index (χ4v) is 3.36. The summed E-state index contributed by atoms with van der Waals surface area (Å²) in [5.41, 5.74) is 0. The van der Waals surface area contributed by atoms with Crippen molar-refractivity contribution in [2.75, 3.05) is 11.1 Å². The lowest BCUT2D eigenvalue weighted by molar-refractivity contribution is -0.113. The topological polar surface area (TPSA) is 54.9 Å². The van der Waals surface area contributed by atoms with E-state index in [2.05, 4.69) is 29.4 Å². The van der Waals surface area contributed by atoms with Gasteiger partial charge in [0.15, 0.2) is 0 Å². The van der Waals surface area contributed by atoms with E-state index in [0.29, 0.717) is 21.8 Å². The van der Waals surface area contributed by atoms with Crippen LogP contribution < -0.4 is 5.32 Å². The number of hydrogen-bond donors (Lipinski definition) is 1. The Balaban J connectivity index is 1.81. The molecule has 2 aromatic rings. The first-order valence-electron chi connectivity index (χ1n) is 6.53. The first kappa shape index (κ1) is 16.3. The summed E-state index contributed by atoms with van der Waals surface area (Å²) < 4.78 is 0. The van der Waals surface area contributed by atoms with E-state index in [9.17, 15) is 4.79 Å². The zero-order valence-corrected chi connectivity index (χ0v) is 14.2. The number of carbonyl (C=O) groups is 1. The summed E-state index contributed by atoms with van der Waals surface area (Å²) in [6.45, 7) is 4.25. The number of nitrogens with zero attached hydrogens (tertiary/aromatic N) is 2. The van der Waals surface area contributed by atoms with E-state index in [-0.39, 0.29) is 5.91 Å². The molecule has 2 rings (SSSR count). The zero-order chi connectivity index (χ0) is 15.2. The predicted molar refractivity (Wildman–Crippen MR) is 89.3 cm³/mol. The molecule has 7 heteroatoms. The maximum Gasteiger partial charge on any atom is 0.236 e. The number of anilines is 1. The van der Waals surface area contributed by atoms with Crippen LogP contribution in [0.15, 0.2) is 29.2 Å². The summed E-state index contributed by atoms with van der Waals surface area (Å²) in [7, 11) is 0. The van der Waals surface area contributed by atoms with Crippen LogP contribution in [0.5, 0.6) is 0 Å². The molecule has 112 valence electrons. The van der Waals surface area contributed by atoms with Crippen LogP contribution in [0.4, 0.5) is 5.13 Å². The van der Waals surface area contributed by atoms with E-state index in [1.54, 1.807) is 0 Å². The number of benzene rings is 1. The number of rotatable bonds is 6. The van der Waals surface area contributed by atoms with E-state index < -0.39 is 0 Å². The highest BCUT2D eigenvalue weighted by Crippen LogP contribution is 2.22. The van der Waals surface area contributed by atoms with Crippen LogP contribution >= 0.6 is 34.7 Å². The predicted octanol–water partition coefficient (Wildman–Crippen LogP) is 4.12. The highest BCUT2D eigenvalue weighted by atomic mass is 35.5. The quantitative estimate of drug-likeness (QED) is 0.803. The number of thioether (sulfide) groups is 1. The Kier molecular flexibility index (Phi) is 6.02. The maximum absolute atomic E-state index is 11.9. The van der Waals surface area contributed by atoms with Gasteiger partial charge in [0.05, 0.1) is 5.75 Å². The molecule has 0 saturated carbocycles. The summed E-state index contributed by atoms with van der Waals surface area (Å²) in [4.78, 5) is 12.9. The lowest BCUT2D eigenvalue weighted by Crippen LogP contribution is -2.13. The molecular weight excluding hydrogens is 326 g/mol. The van der Waals surface area contributed by atoms with Gasteiger partial charge in [0.1, 0.15) is 5.01 Å². The first-order valence-corrected chi connectivity index (χ1v) is 8.71. The number of halogens is 1. The van der Waals surface area contributed by atoms with Crippen LogP contribution in [-0.2, 0) is 11.2 Å². The van der Waals surface area contributed by atoms with Crippen molar-refractivity contribution in [3.8, 4) is 0 Å². The van der Waals surface area contributed by atoms with Gasteiger partial charge >= 0.3 is 0 Å². The summed E-state index contributed by atoms with van der Waals surface area (Å²) >= 11 is 8.71. The lowest BCUT2D eigenvalue weighted by Gasteiger charge is -2.02. The van der Waals surface area contributed by atoms with Gasteiger partial charge in [-0.3, -0.25) is 10.1 Å². The molecule has 1 N–H and O–H groups in total. The standard InChI is InChI=1S/C14H16ClN3OS2/c1-9(2)7-13-17-18-14(21-13)16-12(19)8-20-11-5-3-10(15)4-6-11/h3-6,9H,7-8H2,1-2H3,(H,16,18,19). The normalized spacial score (nSPS) is 10.9. The number of nitrogens with one attached hydrogen (secondary N) is 1. The Labute approximate surface area is 137 Å². The van der Waals surface area contributed by atoms with Gasteiger partial charge in [0.25, 0.3) is 0 Å². The van der Waals surface area contributed by atoms with E-state index in [0.717, 1.165) is 16.3 Å². The molecule has 4 nitrogen and oxygen atoms in total. The second kappa shape index (κ2) is 7.77. The van der Waals surface area contributed by atoms with Crippen molar-refractivity contribution in [1.82, 2.24) is 10.2 Å².